The predicted molar refractivity (Wildman–Crippen MR) is 65.9 cm³/mol. The molecule has 0 radical (unpaired) electrons. The summed E-state index contributed by atoms with van der Waals surface area (Å²) in [5.74, 6) is -2.74. The Balaban J connectivity index is 1.87. The number of hydrogen-bond donors (Lipinski definition) is 0. The zero-order valence-corrected chi connectivity index (χ0v) is 9.95. The Morgan fingerprint density at radius 1 is 1.05 bits per heavy atom. The highest BCUT2D eigenvalue weighted by atomic mass is 19.4. The fourth-order valence-electron chi connectivity index (χ4n) is 2.40. The molecule has 0 saturated heterocycles. The molecular formula is C15H11F3O. The van der Waals surface area contributed by atoms with E-state index in [-0.39, 0.29) is 6.42 Å². The van der Waals surface area contributed by atoms with Crippen molar-refractivity contribution < 1.29 is 18.0 Å². The molecule has 98 valence electrons. The van der Waals surface area contributed by atoms with Crippen molar-refractivity contribution in [2.24, 2.45) is 11.8 Å². The summed E-state index contributed by atoms with van der Waals surface area (Å²) >= 11 is 0. The first-order chi connectivity index (χ1) is 8.97. The summed E-state index contributed by atoms with van der Waals surface area (Å²) in [6.45, 7) is 0. The first-order valence-corrected chi connectivity index (χ1v) is 6.06. The number of fused-ring (bicyclic) bond motifs is 1. The second-order valence-corrected chi connectivity index (χ2v) is 4.92. The molecule has 1 aliphatic rings. The van der Waals surface area contributed by atoms with Gasteiger partial charge in [-0.3, -0.25) is 4.79 Å². The first kappa shape index (κ1) is 12.2. The van der Waals surface area contributed by atoms with E-state index in [1.54, 1.807) is 18.2 Å². The molecule has 0 amide bonds. The molecule has 1 aliphatic carbocycles. The van der Waals surface area contributed by atoms with Crippen molar-refractivity contribution >= 4 is 16.6 Å². The molecule has 0 unspecified atom stereocenters. The minimum atomic E-state index is -4.25. The van der Waals surface area contributed by atoms with E-state index in [1.165, 1.54) is 0 Å². The van der Waals surface area contributed by atoms with E-state index in [2.05, 4.69) is 0 Å². The summed E-state index contributed by atoms with van der Waals surface area (Å²) in [5.41, 5.74) is 0.371. The van der Waals surface area contributed by atoms with Crippen molar-refractivity contribution in [3.8, 4) is 0 Å². The molecule has 3 rings (SSSR count). The number of carbonyl (C=O) groups is 1. The third kappa shape index (κ3) is 2.23. The van der Waals surface area contributed by atoms with Crippen molar-refractivity contribution in [3.63, 3.8) is 0 Å². The van der Waals surface area contributed by atoms with Gasteiger partial charge < -0.3 is 0 Å². The van der Waals surface area contributed by atoms with Gasteiger partial charge in [-0.15, -0.1) is 0 Å². The second-order valence-electron chi connectivity index (χ2n) is 4.92. The monoisotopic (exact) mass is 264 g/mol. The van der Waals surface area contributed by atoms with Crippen molar-refractivity contribution in [3.05, 3.63) is 48.0 Å². The molecule has 2 aromatic rings. The third-order valence-electron chi connectivity index (χ3n) is 3.58. The molecule has 0 aliphatic heterocycles. The van der Waals surface area contributed by atoms with Crippen LogP contribution in [0.5, 0.6) is 0 Å². The first-order valence-electron chi connectivity index (χ1n) is 6.06. The molecule has 1 fully saturated rings. The van der Waals surface area contributed by atoms with E-state index < -0.39 is 23.8 Å². The molecule has 4 heteroatoms. The molecule has 0 aromatic heterocycles. The number of ketones is 1. The lowest BCUT2D eigenvalue weighted by Gasteiger charge is -2.05. The van der Waals surface area contributed by atoms with Crippen LogP contribution in [0.3, 0.4) is 0 Å². The summed E-state index contributed by atoms with van der Waals surface area (Å²) in [5, 5.41) is 1.85. The number of halogens is 3. The van der Waals surface area contributed by atoms with Gasteiger partial charge in [-0.1, -0.05) is 36.4 Å². The normalized spacial score (nSPS) is 22.5. The van der Waals surface area contributed by atoms with Crippen LogP contribution in [0.15, 0.2) is 42.5 Å². The zero-order chi connectivity index (χ0) is 13.6. The number of Topliss-reactive ketones (excluding diaryl/α,β-unsaturated/α-hetero) is 1. The molecule has 1 saturated carbocycles. The highest BCUT2D eigenvalue weighted by Gasteiger charge is 2.58. The molecule has 0 N–H and O–H groups in total. The lowest BCUT2D eigenvalue weighted by Crippen LogP contribution is -2.15. The molecule has 0 heterocycles. The van der Waals surface area contributed by atoms with Gasteiger partial charge in [0.1, 0.15) is 0 Å². The minimum Gasteiger partial charge on any atom is -0.294 e. The van der Waals surface area contributed by atoms with E-state index in [0.29, 0.717) is 5.56 Å². The Morgan fingerprint density at radius 3 is 2.37 bits per heavy atom. The molecule has 0 bridgehead atoms. The maximum atomic E-state index is 12.5. The van der Waals surface area contributed by atoms with Crippen LogP contribution < -0.4 is 0 Å². The van der Waals surface area contributed by atoms with Gasteiger partial charge in [0.15, 0.2) is 5.78 Å². The fraction of sp³-hybridized carbons (Fsp3) is 0.267. The van der Waals surface area contributed by atoms with Crippen LogP contribution in [0.2, 0.25) is 0 Å². The highest BCUT2D eigenvalue weighted by Crippen LogP contribution is 2.51. The molecule has 19 heavy (non-hydrogen) atoms. The summed E-state index contributed by atoms with van der Waals surface area (Å²) in [4.78, 5) is 12.0. The van der Waals surface area contributed by atoms with Gasteiger partial charge in [0.2, 0.25) is 0 Å². The van der Waals surface area contributed by atoms with Gasteiger partial charge in [0, 0.05) is 11.5 Å². The quantitative estimate of drug-likeness (QED) is 0.742. The second kappa shape index (κ2) is 4.08. The Labute approximate surface area is 108 Å². The van der Waals surface area contributed by atoms with Gasteiger partial charge in [0.05, 0.1) is 5.92 Å². The van der Waals surface area contributed by atoms with Gasteiger partial charge >= 0.3 is 6.18 Å². The van der Waals surface area contributed by atoms with Crippen LogP contribution in [0, 0.1) is 11.8 Å². The maximum Gasteiger partial charge on any atom is 0.392 e. The average molecular weight is 264 g/mol. The zero-order valence-electron chi connectivity index (χ0n) is 9.95. The lowest BCUT2D eigenvalue weighted by molar-refractivity contribution is -0.149. The molecule has 2 atom stereocenters. The summed E-state index contributed by atoms with van der Waals surface area (Å²) in [6, 6.07) is 12.5. The molecule has 1 nitrogen and oxygen atoms in total. The van der Waals surface area contributed by atoms with E-state index in [9.17, 15) is 18.0 Å². The van der Waals surface area contributed by atoms with Gasteiger partial charge in [-0.2, -0.15) is 13.2 Å². The lowest BCUT2D eigenvalue weighted by atomic mass is 10.0. The van der Waals surface area contributed by atoms with E-state index in [4.69, 9.17) is 0 Å². The number of rotatable bonds is 2. The molecule has 0 spiro atoms. The standard InChI is InChI=1S/C15H11F3O/c16-15(17,18)13-8-12(13)14(19)11-6-5-9-3-1-2-4-10(9)7-11/h1-7,12-13H,8H2/t12-,13-/m1/s1. The Kier molecular flexibility index (Phi) is 2.62. The smallest absolute Gasteiger partial charge is 0.294 e. The van der Waals surface area contributed by atoms with Crippen molar-refractivity contribution in [2.75, 3.05) is 0 Å². The fourth-order valence-corrected chi connectivity index (χ4v) is 2.40. The number of benzene rings is 2. The van der Waals surface area contributed by atoms with Crippen molar-refractivity contribution in [1.82, 2.24) is 0 Å². The largest absolute Gasteiger partial charge is 0.392 e. The molecule has 2 aromatic carbocycles. The van der Waals surface area contributed by atoms with Crippen molar-refractivity contribution in [1.29, 1.82) is 0 Å². The van der Waals surface area contributed by atoms with Crippen LogP contribution >= 0.6 is 0 Å². The van der Waals surface area contributed by atoms with Gasteiger partial charge in [-0.05, 0) is 23.3 Å². The number of alkyl halides is 3. The highest BCUT2D eigenvalue weighted by molar-refractivity contribution is 6.02. The van der Waals surface area contributed by atoms with Gasteiger partial charge in [-0.25, -0.2) is 0 Å². The molecular weight excluding hydrogens is 253 g/mol. The van der Waals surface area contributed by atoms with E-state index in [1.807, 2.05) is 24.3 Å². The van der Waals surface area contributed by atoms with Crippen LogP contribution in [0.25, 0.3) is 10.8 Å². The van der Waals surface area contributed by atoms with Crippen LogP contribution in [-0.2, 0) is 0 Å². The van der Waals surface area contributed by atoms with Crippen LogP contribution in [0.1, 0.15) is 16.8 Å². The minimum absolute atomic E-state index is 0.0742. The van der Waals surface area contributed by atoms with Gasteiger partial charge in [0.25, 0.3) is 0 Å². The Hall–Kier alpha value is -1.84. The third-order valence-corrected chi connectivity index (χ3v) is 3.58. The van der Waals surface area contributed by atoms with Crippen LogP contribution in [-0.4, -0.2) is 12.0 Å². The SMILES string of the molecule is O=C(c1ccc2ccccc2c1)[C@@H]1C[C@H]1C(F)(F)F. The van der Waals surface area contributed by atoms with E-state index >= 15 is 0 Å². The average Bonchev–Trinajstić information content (AvgIpc) is 3.17. The van der Waals surface area contributed by atoms with Crippen LogP contribution in [0.4, 0.5) is 13.2 Å². The Morgan fingerprint density at radius 2 is 1.74 bits per heavy atom. The Bertz CT molecular complexity index is 645. The van der Waals surface area contributed by atoms with E-state index in [0.717, 1.165) is 10.8 Å². The summed E-state index contributed by atoms with van der Waals surface area (Å²) < 4.78 is 37.4. The maximum absolute atomic E-state index is 12.5. The number of hydrogen-bond acceptors (Lipinski definition) is 1. The predicted octanol–water partition coefficient (Wildman–Crippen LogP) is 4.22. The number of carbonyl (C=O) groups excluding carboxylic acids is 1. The van der Waals surface area contributed by atoms with Crippen molar-refractivity contribution in [2.45, 2.75) is 12.6 Å². The topological polar surface area (TPSA) is 17.1 Å². The summed E-state index contributed by atoms with van der Waals surface area (Å²) in [7, 11) is 0. The summed E-state index contributed by atoms with van der Waals surface area (Å²) in [6.07, 6.45) is -4.33.